The summed E-state index contributed by atoms with van der Waals surface area (Å²) in [5, 5.41) is 0. The summed E-state index contributed by atoms with van der Waals surface area (Å²) in [7, 11) is -3.81. The van der Waals surface area contributed by atoms with Crippen LogP contribution in [0.2, 0.25) is 0 Å². The zero-order valence-corrected chi connectivity index (χ0v) is 17.6. The third kappa shape index (κ3) is 3.77. The Bertz CT molecular complexity index is 972. The lowest BCUT2D eigenvalue weighted by Crippen LogP contribution is -2.47. The third-order valence-electron chi connectivity index (χ3n) is 6.05. The van der Waals surface area contributed by atoms with Gasteiger partial charge in [0.15, 0.2) is 0 Å². The number of hydrogen-bond donors (Lipinski definition) is 0. The van der Waals surface area contributed by atoms with Gasteiger partial charge in [0, 0.05) is 6.42 Å². The lowest BCUT2D eigenvalue weighted by molar-refractivity contribution is -0.132. The average molecular weight is 414 g/mol. The number of ketones is 1. The van der Waals surface area contributed by atoms with Gasteiger partial charge in [-0.3, -0.25) is 4.79 Å². The van der Waals surface area contributed by atoms with Gasteiger partial charge in [-0.1, -0.05) is 54.4 Å². The van der Waals surface area contributed by atoms with Crippen molar-refractivity contribution in [2.75, 3.05) is 0 Å². The number of nitrogens with zero attached hydrogens (tertiary/aromatic N) is 1. The van der Waals surface area contributed by atoms with E-state index in [-0.39, 0.29) is 10.7 Å². The van der Waals surface area contributed by atoms with Gasteiger partial charge in [-0.25, -0.2) is 8.42 Å². The van der Waals surface area contributed by atoms with Gasteiger partial charge in [-0.15, -0.1) is 0 Å². The second-order valence-electron chi connectivity index (χ2n) is 8.07. The fourth-order valence-electron chi connectivity index (χ4n) is 4.46. The summed E-state index contributed by atoms with van der Waals surface area (Å²) in [6, 6.07) is 16.1. The van der Waals surface area contributed by atoms with Gasteiger partial charge in [0.25, 0.3) is 0 Å². The van der Waals surface area contributed by atoms with E-state index in [1.807, 2.05) is 44.2 Å². The molecule has 1 heterocycles. The predicted molar refractivity (Wildman–Crippen MR) is 111 cm³/mol. The molecule has 2 aromatic carbocycles. The highest BCUT2D eigenvalue weighted by Gasteiger charge is 2.51. The predicted octanol–water partition coefficient (Wildman–Crippen LogP) is 4.23. The van der Waals surface area contributed by atoms with E-state index in [4.69, 9.17) is 4.74 Å². The van der Waals surface area contributed by atoms with Crippen molar-refractivity contribution in [3.05, 3.63) is 65.7 Å². The molecule has 1 saturated heterocycles. The molecule has 1 saturated carbocycles. The van der Waals surface area contributed by atoms with Crippen LogP contribution in [0.3, 0.4) is 0 Å². The SMILES string of the molecule is Cc1ccc(S(=O)(=O)N2[C@H](C)[C@@H](c3ccccc3)O[C@@H]2[C@@H]2CCCCC2=O)cc1. The topological polar surface area (TPSA) is 63.7 Å². The van der Waals surface area contributed by atoms with E-state index in [0.29, 0.717) is 12.8 Å². The van der Waals surface area contributed by atoms with E-state index >= 15 is 0 Å². The first-order valence-electron chi connectivity index (χ1n) is 10.2. The molecule has 1 aliphatic carbocycles. The van der Waals surface area contributed by atoms with Crippen molar-refractivity contribution in [3.63, 3.8) is 0 Å². The van der Waals surface area contributed by atoms with Gasteiger partial charge in [0.05, 0.1) is 16.9 Å². The van der Waals surface area contributed by atoms with Crippen molar-refractivity contribution in [1.29, 1.82) is 0 Å². The van der Waals surface area contributed by atoms with Gasteiger partial charge in [0.1, 0.15) is 18.1 Å². The number of carbonyl (C=O) groups is 1. The number of carbonyl (C=O) groups excluding carboxylic acids is 1. The van der Waals surface area contributed by atoms with Crippen molar-refractivity contribution in [1.82, 2.24) is 4.31 Å². The van der Waals surface area contributed by atoms with Crippen LogP contribution in [0.15, 0.2) is 59.5 Å². The van der Waals surface area contributed by atoms with Crippen LogP contribution in [0.5, 0.6) is 0 Å². The molecule has 4 rings (SSSR count). The summed E-state index contributed by atoms with van der Waals surface area (Å²) in [6.45, 7) is 3.80. The fourth-order valence-corrected chi connectivity index (χ4v) is 6.20. The minimum absolute atomic E-state index is 0.103. The normalized spacial score (nSPS) is 28.6. The zero-order chi connectivity index (χ0) is 20.6. The van der Waals surface area contributed by atoms with Gasteiger partial charge >= 0.3 is 0 Å². The summed E-state index contributed by atoms with van der Waals surface area (Å²) in [5.74, 6) is -0.314. The molecule has 154 valence electrons. The van der Waals surface area contributed by atoms with E-state index in [2.05, 4.69) is 0 Å². The molecule has 4 atom stereocenters. The quantitative estimate of drug-likeness (QED) is 0.752. The Balaban J connectivity index is 1.76. The largest absolute Gasteiger partial charge is 0.352 e. The average Bonchev–Trinajstić information content (AvgIpc) is 3.07. The highest BCUT2D eigenvalue weighted by molar-refractivity contribution is 7.89. The fraction of sp³-hybridized carbons (Fsp3) is 0.435. The molecular formula is C23H27NO4S. The summed E-state index contributed by atoms with van der Waals surface area (Å²) >= 11 is 0. The summed E-state index contributed by atoms with van der Waals surface area (Å²) < 4.78 is 35.0. The Morgan fingerprint density at radius 3 is 2.34 bits per heavy atom. The van der Waals surface area contributed by atoms with Crippen molar-refractivity contribution >= 4 is 15.8 Å². The standard InChI is InChI=1S/C23H27NO4S/c1-16-12-14-19(15-13-16)29(26,27)24-17(2)22(18-8-4-3-5-9-18)28-23(24)20-10-6-7-11-21(20)25/h3-5,8-9,12-15,17,20,22-23H,6-7,10-11H2,1-2H3/t17-,20-,22+,23-/m1/s1. The molecule has 1 aliphatic heterocycles. The number of hydrogen-bond acceptors (Lipinski definition) is 4. The van der Waals surface area contributed by atoms with Crippen LogP contribution >= 0.6 is 0 Å². The van der Waals surface area contributed by atoms with Crippen molar-refractivity contribution in [2.45, 2.75) is 62.8 Å². The molecule has 0 spiro atoms. The van der Waals surface area contributed by atoms with E-state index in [1.54, 1.807) is 24.3 Å². The second-order valence-corrected chi connectivity index (χ2v) is 9.91. The molecule has 0 radical (unpaired) electrons. The van der Waals surface area contributed by atoms with E-state index in [9.17, 15) is 13.2 Å². The Morgan fingerprint density at radius 1 is 1.00 bits per heavy atom. The van der Waals surface area contributed by atoms with Crippen LogP contribution in [0.4, 0.5) is 0 Å². The van der Waals surface area contributed by atoms with Gasteiger partial charge in [-0.05, 0) is 44.4 Å². The molecule has 2 aliphatic rings. The number of Topliss-reactive ketones (excluding diaryl/α,β-unsaturated/α-hetero) is 1. The second kappa shape index (κ2) is 8.01. The molecule has 2 aromatic rings. The number of ether oxygens (including phenoxy) is 1. The van der Waals surface area contributed by atoms with Crippen LogP contribution in [-0.4, -0.2) is 30.8 Å². The van der Waals surface area contributed by atoms with E-state index in [1.165, 1.54) is 4.31 Å². The van der Waals surface area contributed by atoms with Gasteiger partial charge < -0.3 is 4.74 Å². The molecule has 29 heavy (non-hydrogen) atoms. The first-order valence-corrected chi connectivity index (χ1v) is 11.7. The Kier molecular flexibility index (Phi) is 5.60. The Morgan fingerprint density at radius 2 is 1.69 bits per heavy atom. The highest BCUT2D eigenvalue weighted by atomic mass is 32.2. The summed E-state index contributed by atoms with van der Waals surface area (Å²) in [5.41, 5.74) is 1.92. The molecule has 0 unspecified atom stereocenters. The monoisotopic (exact) mass is 413 g/mol. The van der Waals surface area contributed by atoms with Gasteiger partial charge in [-0.2, -0.15) is 4.31 Å². The lowest BCUT2D eigenvalue weighted by Gasteiger charge is -2.32. The highest BCUT2D eigenvalue weighted by Crippen LogP contribution is 2.43. The molecule has 6 heteroatoms. The smallest absolute Gasteiger partial charge is 0.245 e. The third-order valence-corrected chi connectivity index (χ3v) is 8.01. The number of sulfonamides is 1. The van der Waals surface area contributed by atoms with Crippen LogP contribution in [0, 0.1) is 12.8 Å². The maximum Gasteiger partial charge on any atom is 0.245 e. The lowest BCUT2D eigenvalue weighted by atomic mass is 9.86. The molecule has 2 fully saturated rings. The van der Waals surface area contributed by atoms with E-state index in [0.717, 1.165) is 24.0 Å². The van der Waals surface area contributed by atoms with Crippen molar-refractivity contribution in [2.24, 2.45) is 5.92 Å². The van der Waals surface area contributed by atoms with Crippen molar-refractivity contribution in [3.8, 4) is 0 Å². The molecule has 0 amide bonds. The first kappa shape index (κ1) is 20.3. The van der Waals surface area contributed by atoms with Crippen LogP contribution in [-0.2, 0) is 19.6 Å². The van der Waals surface area contributed by atoms with Crippen molar-refractivity contribution < 1.29 is 17.9 Å². The molecule has 5 nitrogen and oxygen atoms in total. The summed E-state index contributed by atoms with van der Waals surface area (Å²) in [6.07, 6.45) is 1.76. The van der Waals surface area contributed by atoms with Crippen LogP contribution < -0.4 is 0 Å². The van der Waals surface area contributed by atoms with Gasteiger partial charge in [0.2, 0.25) is 10.0 Å². The maximum absolute atomic E-state index is 13.6. The van der Waals surface area contributed by atoms with Crippen LogP contribution in [0.25, 0.3) is 0 Å². The summed E-state index contributed by atoms with van der Waals surface area (Å²) in [4.78, 5) is 12.9. The zero-order valence-electron chi connectivity index (χ0n) is 16.8. The first-order chi connectivity index (χ1) is 13.9. The number of benzene rings is 2. The number of rotatable bonds is 4. The molecule has 0 N–H and O–H groups in total. The maximum atomic E-state index is 13.6. The Labute approximate surface area is 172 Å². The van der Waals surface area contributed by atoms with Crippen LogP contribution in [0.1, 0.15) is 49.8 Å². The van der Waals surface area contributed by atoms with E-state index < -0.39 is 34.3 Å². The Hall–Kier alpha value is -2.02. The minimum Gasteiger partial charge on any atom is -0.352 e. The molecular weight excluding hydrogens is 386 g/mol. The number of aryl methyl sites for hydroxylation is 1. The minimum atomic E-state index is -3.81. The molecule has 0 aromatic heterocycles. The molecule has 0 bridgehead atoms.